The van der Waals surface area contributed by atoms with E-state index in [0.717, 1.165) is 6.42 Å². The molecule has 3 N–H and O–H groups in total. The number of methoxy groups -OCH3 is 1. The molecule has 3 atom stereocenters. The van der Waals surface area contributed by atoms with Crippen LogP contribution < -0.4 is 11.1 Å². The molecule has 0 radical (unpaired) electrons. The van der Waals surface area contributed by atoms with Crippen molar-refractivity contribution in [3.05, 3.63) is 0 Å². The highest BCUT2D eigenvalue weighted by Gasteiger charge is 2.40. The number of amides is 1. The Hall–Kier alpha value is -0.650. The van der Waals surface area contributed by atoms with Gasteiger partial charge in [-0.25, -0.2) is 0 Å². The minimum absolute atomic E-state index is 0.0213. The van der Waals surface area contributed by atoms with Gasteiger partial charge < -0.3 is 20.5 Å². The van der Waals surface area contributed by atoms with E-state index >= 15 is 0 Å². The van der Waals surface area contributed by atoms with Gasteiger partial charge in [0, 0.05) is 26.2 Å². The summed E-state index contributed by atoms with van der Waals surface area (Å²) in [5, 5.41) is 2.87. The Labute approximate surface area is 90.3 Å². The van der Waals surface area contributed by atoms with Crippen molar-refractivity contribution < 1.29 is 14.3 Å². The molecule has 1 aliphatic rings. The Kier molecular flexibility index (Phi) is 5.01. The van der Waals surface area contributed by atoms with Crippen LogP contribution in [-0.2, 0) is 14.3 Å². The molecule has 1 rings (SSSR count). The van der Waals surface area contributed by atoms with Gasteiger partial charge in [-0.2, -0.15) is 0 Å². The van der Waals surface area contributed by atoms with E-state index in [1.807, 2.05) is 6.92 Å². The van der Waals surface area contributed by atoms with Crippen LogP contribution in [0, 0.1) is 0 Å². The van der Waals surface area contributed by atoms with E-state index in [0.29, 0.717) is 19.6 Å². The fourth-order valence-corrected chi connectivity index (χ4v) is 1.68. The molecular weight excluding hydrogens is 196 g/mol. The Bertz CT molecular complexity index is 209. The summed E-state index contributed by atoms with van der Waals surface area (Å²) in [6.07, 6.45) is 1.28. The lowest BCUT2D eigenvalue weighted by molar-refractivity contribution is -0.126. The van der Waals surface area contributed by atoms with Crippen molar-refractivity contribution in [2.45, 2.75) is 38.0 Å². The summed E-state index contributed by atoms with van der Waals surface area (Å²) in [5.41, 5.74) is 5.79. The molecule has 5 heteroatoms. The number of rotatable bonds is 6. The van der Waals surface area contributed by atoms with E-state index in [9.17, 15) is 4.79 Å². The molecule has 0 aromatic heterocycles. The van der Waals surface area contributed by atoms with Crippen LogP contribution in [0.4, 0.5) is 0 Å². The first kappa shape index (κ1) is 12.4. The Balaban J connectivity index is 2.26. The number of hydrogen-bond donors (Lipinski definition) is 2. The molecule has 0 aliphatic heterocycles. The molecule has 0 heterocycles. The molecular formula is C10H20N2O3. The van der Waals surface area contributed by atoms with Gasteiger partial charge in [-0.3, -0.25) is 4.79 Å². The maximum Gasteiger partial charge on any atom is 0.222 e. The molecule has 1 fully saturated rings. The first-order valence-electron chi connectivity index (χ1n) is 5.34. The summed E-state index contributed by atoms with van der Waals surface area (Å²) in [6, 6.07) is -0.0117. The summed E-state index contributed by atoms with van der Waals surface area (Å²) in [7, 11) is 1.57. The largest absolute Gasteiger partial charge is 0.384 e. The highest BCUT2D eigenvalue weighted by Crippen LogP contribution is 2.22. The molecule has 0 aromatic rings. The van der Waals surface area contributed by atoms with Crippen molar-refractivity contribution >= 4 is 5.91 Å². The molecule has 5 nitrogen and oxygen atoms in total. The van der Waals surface area contributed by atoms with Crippen LogP contribution in [0.2, 0.25) is 0 Å². The predicted octanol–water partition coefficient (Wildman–Crippen LogP) is -0.356. The number of hydrogen-bond acceptors (Lipinski definition) is 4. The third-order valence-corrected chi connectivity index (χ3v) is 2.61. The monoisotopic (exact) mass is 216 g/mol. The number of nitrogens with two attached hydrogens (primary N) is 1. The normalized spacial score (nSPS) is 29.7. The van der Waals surface area contributed by atoms with Crippen LogP contribution in [0.25, 0.3) is 0 Å². The lowest BCUT2D eigenvalue weighted by Crippen LogP contribution is -2.64. The van der Waals surface area contributed by atoms with E-state index in [1.54, 1.807) is 7.11 Å². The molecule has 0 bridgehead atoms. The van der Waals surface area contributed by atoms with E-state index < -0.39 is 0 Å². The van der Waals surface area contributed by atoms with Gasteiger partial charge in [-0.05, 0) is 13.3 Å². The van der Waals surface area contributed by atoms with E-state index in [-0.39, 0.29) is 24.1 Å². The van der Waals surface area contributed by atoms with E-state index in [4.69, 9.17) is 15.2 Å². The first-order valence-corrected chi connectivity index (χ1v) is 5.34. The van der Waals surface area contributed by atoms with Gasteiger partial charge in [-0.1, -0.05) is 0 Å². The number of ether oxygens (including phenoxy) is 2. The zero-order valence-corrected chi connectivity index (χ0v) is 9.36. The van der Waals surface area contributed by atoms with Crippen LogP contribution in [0.15, 0.2) is 0 Å². The van der Waals surface area contributed by atoms with Crippen molar-refractivity contribution in [3.8, 4) is 0 Å². The molecule has 0 saturated heterocycles. The minimum Gasteiger partial charge on any atom is -0.384 e. The van der Waals surface area contributed by atoms with Crippen molar-refractivity contribution in [3.63, 3.8) is 0 Å². The second-order valence-corrected chi connectivity index (χ2v) is 3.73. The van der Waals surface area contributed by atoms with Crippen LogP contribution in [0.5, 0.6) is 0 Å². The van der Waals surface area contributed by atoms with Crippen molar-refractivity contribution in [2.24, 2.45) is 5.73 Å². The maximum atomic E-state index is 11.4. The zero-order valence-electron chi connectivity index (χ0n) is 9.36. The topological polar surface area (TPSA) is 73.6 Å². The van der Waals surface area contributed by atoms with E-state index in [1.165, 1.54) is 0 Å². The van der Waals surface area contributed by atoms with Crippen molar-refractivity contribution in [1.82, 2.24) is 5.32 Å². The fraction of sp³-hybridized carbons (Fsp3) is 0.900. The molecule has 15 heavy (non-hydrogen) atoms. The van der Waals surface area contributed by atoms with Gasteiger partial charge in [0.05, 0.1) is 18.8 Å². The lowest BCUT2D eigenvalue weighted by Gasteiger charge is -2.42. The van der Waals surface area contributed by atoms with Crippen LogP contribution in [0.1, 0.15) is 19.8 Å². The fourth-order valence-electron chi connectivity index (χ4n) is 1.68. The number of carbonyl (C=O) groups is 1. The molecule has 1 amide bonds. The Morgan fingerprint density at radius 1 is 1.60 bits per heavy atom. The summed E-state index contributed by atoms with van der Waals surface area (Å²) in [6.45, 7) is 3.03. The molecule has 0 spiro atoms. The summed E-state index contributed by atoms with van der Waals surface area (Å²) in [5.74, 6) is -0.0262. The van der Waals surface area contributed by atoms with E-state index in [2.05, 4.69) is 5.32 Å². The Morgan fingerprint density at radius 2 is 2.33 bits per heavy atom. The third-order valence-electron chi connectivity index (χ3n) is 2.61. The molecule has 1 aliphatic carbocycles. The average molecular weight is 216 g/mol. The second kappa shape index (κ2) is 6.05. The van der Waals surface area contributed by atoms with Gasteiger partial charge in [0.2, 0.25) is 5.91 Å². The van der Waals surface area contributed by atoms with Gasteiger partial charge in [-0.15, -0.1) is 0 Å². The Morgan fingerprint density at radius 3 is 2.87 bits per heavy atom. The smallest absolute Gasteiger partial charge is 0.222 e. The highest BCUT2D eigenvalue weighted by molar-refractivity contribution is 5.76. The van der Waals surface area contributed by atoms with Crippen LogP contribution >= 0.6 is 0 Å². The van der Waals surface area contributed by atoms with Gasteiger partial charge in [0.15, 0.2) is 0 Å². The third kappa shape index (κ3) is 3.44. The molecule has 0 aromatic carbocycles. The summed E-state index contributed by atoms with van der Waals surface area (Å²) < 4.78 is 10.3. The number of nitrogens with one attached hydrogen (secondary N) is 1. The second-order valence-electron chi connectivity index (χ2n) is 3.73. The van der Waals surface area contributed by atoms with Crippen molar-refractivity contribution in [1.29, 1.82) is 0 Å². The van der Waals surface area contributed by atoms with Gasteiger partial charge in [0.1, 0.15) is 0 Å². The SMILES string of the molecule is CCOC1CC(N)C1NC(=O)CCOC. The minimum atomic E-state index is -0.0330. The molecule has 1 saturated carbocycles. The predicted molar refractivity (Wildman–Crippen MR) is 56.4 cm³/mol. The quantitative estimate of drug-likeness (QED) is 0.636. The maximum absolute atomic E-state index is 11.4. The van der Waals surface area contributed by atoms with Crippen LogP contribution in [-0.4, -0.2) is 44.4 Å². The zero-order chi connectivity index (χ0) is 11.3. The average Bonchev–Trinajstić information content (AvgIpc) is 2.23. The molecule has 88 valence electrons. The number of carbonyl (C=O) groups excluding carboxylic acids is 1. The summed E-state index contributed by atoms with van der Waals surface area (Å²) in [4.78, 5) is 11.4. The lowest BCUT2D eigenvalue weighted by atomic mass is 9.83. The summed E-state index contributed by atoms with van der Waals surface area (Å²) >= 11 is 0. The standard InChI is InChI=1S/C10H20N2O3/c1-3-15-8-6-7(11)10(8)12-9(13)4-5-14-2/h7-8,10H,3-6,11H2,1-2H3,(H,12,13). The van der Waals surface area contributed by atoms with Crippen LogP contribution in [0.3, 0.4) is 0 Å². The van der Waals surface area contributed by atoms with Crippen molar-refractivity contribution in [2.75, 3.05) is 20.3 Å². The van der Waals surface area contributed by atoms with Gasteiger partial charge >= 0.3 is 0 Å². The van der Waals surface area contributed by atoms with Gasteiger partial charge in [0.25, 0.3) is 0 Å². The molecule has 3 unspecified atom stereocenters. The first-order chi connectivity index (χ1) is 7.19. The highest BCUT2D eigenvalue weighted by atomic mass is 16.5.